The van der Waals surface area contributed by atoms with Crippen LogP contribution in [0.3, 0.4) is 0 Å². The number of anilines is 2. The normalized spacial score (nSPS) is 13.0. The van der Waals surface area contributed by atoms with Gasteiger partial charge in [-0.25, -0.2) is 4.79 Å². The van der Waals surface area contributed by atoms with Crippen LogP contribution in [-0.4, -0.2) is 25.0 Å². The molecule has 0 spiro atoms. The Morgan fingerprint density at radius 2 is 2.00 bits per heavy atom. The fourth-order valence-corrected chi connectivity index (χ4v) is 4.72. The first kappa shape index (κ1) is 20.0. The van der Waals surface area contributed by atoms with E-state index in [-0.39, 0.29) is 18.4 Å². The minimum Gasteiger partial charge on any atom is -0.462 e. The quantitative estimate of drug-likeness (QED) is 0.625. The van der Waals surface area contributed by atoms with E-state index in [2.05, 4.69) is 10.6 Å². The molecule has 3 rings (SSSR count). The molecule has 144 valence electrons. The highest BCUT2D eigenvalue weighted by molar-refractivity contribution is 7.17. The van der Waals surface area contributed by atoms with Gasteiger partial charge in [-0.05, 0) is 50.3 Å². The van der Waals surface area contributed by atoms with Crippen molar-refractivity contribution in [1.82, 2.24) is 0 Å². The lowest BCUT2D eigenvalue weighted by Crippen LogP contribution is -2.22. The van der Waals surface area contributed by atoms with E-state index < -0.39 is 0 Å². The maximum atomic E-state index is 12.4. The van der Waals surface area contributed by atoms with Gasteiger partial charge in [-0.1, -0.05) is 29.3 Å². The summed E-state index contributed by atoms with van der Waals surface area (Å²) in [5.74, 6) is -0.645. The van der Waals surface area contributed by atoms with Crippen LogP contribution in [0.25, 0.3) is 0 Å². The number of rotatable bonds is 6. The molecule has 0 radical (unpaired) electrons. The number of aryl methyl sites for hydroxylation is 1. The Hall–Kier alpha value is -1.76. The Morgan fingerprint density at radius 1 is 1.22 bits per heavy atom. The summed E-state index contributed by atoms with van der Waals surface area (Å²) in [6, 6.07) is 5.17. The smallest absolute Gasteiger partial charge is 0.341 e. The third-order valence-corrected chi connectivity index (χ3v) is 6.32. The number of ether oxygens (including phenoxy) is 1. The van der Waals surface area contributed by atoms with Crippen molar-refractivity contribution >= 4 is 57.1 Å². The molecule has 0 fully saturated rings. The number of carbonyl (C=O) groups is 2. The molecule has 0 saturated heterocycles. The van der Waals surface area contributed by atoms with E-state index in [9.17, 15) is 9.59 Å². The van der Waals surface area contributed by atoms with Gasteiger partial charge in [0.25, 0.3) is 0 Å². The van der Waals surface area contributed by atoms with Gasteiger partial charge in [-0.3, -0.25) is 4.79 Å². The molecule has 1 amide bonds. The van der Waals surface area contributed by atoms with E-state index in [4.69, 9.17) is 27.9 Å². The zero-order valence-electron chi connectivity index (χ0n) is 14.9. The fourth-order valence-electron chi connectivity index (χ4n) is 3.06. The van der Waals surface area contributed by atoms with Gasteiger partial charge in [0, 0.05) is 4.88 Å². The number of hydrogen-bond donors (Lipinski definition) is 2. The van der Waals surface area contributed by atoms with E-state index in [1.807, 2.05) is 0 Å². The van der Waals surface area contributed by atoms with Crippen molar-refractivity contribution in [3.8, 4) is 0 Å². The van der Waals surface area contributed by atoms with E-state index >= 15 is 0 Å². The molecule has 1 aliphatic rings. The van der Waals surface area contributed by atoms with Gasteiger partial charge in [-0.15, -0.1) is 11.3 Å². The number of hydrogen-bond acceptors (Lipinski definition) is 5. The second-order valence-electron chi connectivity index (χ2n) is 6.14. The lowest BCUT2D eigenvalue weighted by molar-refractivity contribution is -0.114. The highest BCUT2D eigenvalue weighted by Gasteiger charge is 2.27. The summed E-state index contributed by atoms with van der Waals surface area (Å²) in [6.45, 7) is 2.07. The summed E-state index contributed by atoms with van der Waals surface area (Å²) in [5.41, 5.74) is 2.10. The molecular weight excluding hydrogens is 407 g/mol. The predicted molar refractivity (Wildman–Crippen MR) is 110 cm³/mol. The van der Waals surface area contributed by atoms with Crippen LogP contribution in [0.2, 0.25) is 10.0 Å². The van der Waals surface area contributed by atoms with Crippen LogP contribution < -0.4 is 10.6 Å². The van der Waals surface area contributed by atoms with E-state index in [0.29, 0.717) is 32.9 Å². The van der Waals surface area contributed by atoms with Crippen LogP contribution in [0.15, 0.2) is 18.2 Å². The van der Waals surface area contributed by atoms with Crippen molar-refractivity contribution in [2.45, 2.75) is 32.6 Å². The van der Waals surface area contributed by atoms with Crippen molar-refractivity contribution < 1.29 is 14.3 Å². The van der Waals surface area contributed by atoms with E-state index in [1.54, 1.807) is 25.1 Å². The van der Waals surface area contributed by atoms with Crippen LogP contribution in [0.1, 0.15) is 40.6 Å². The monoisotopic (exact) mass is 426 g/mol. The summed E-state index contributed by atoms with van der Waals surface area (Å²) in [6.07, 6.45) is 3.90. The van der Waals surface area contributed by atoms with E-state index in [0.717, 1.165) is 36.1 Å². The summed E-state index contributed by atoms with van der Waals surface area (Å²) < 4.78 is 5.20. The first-order chi connectivity index (χ1) is 13.0. The number of amides is 1. The summed E-state index contributed by atoms with van der Waals surface area (Å²) in [5, 5.41) is 7.16. The summed E-state index contributed by atoms with van der Waals surface area (Å²) in [7, 11) is 0. The fraction of sp³-hybridized carbons (Fsp3) is 0.368. The Kier molecular flexibility index (Phi) is 6.63. The van der Waals surface area contributed by atoms with Gasteiger partial charge in [0.05, 0.1) is 34.4 Å². The Balaban J connectivity index is 1.74. The second kappa shape index (κ2) is 8.95. The minimum absolute atomic E-state index is 0.00486. The average molecular weight is 427 g/mol. The molecular formula is C19H20Cl2N2O3S. The maximum Gasteiger partial charge on any atom is 0.341 e. The molecule has 0 aliphatic heterocycles. The lowest BCUT2D eigenvalue weighted by atomic mass is 9.95. The van der Waals surface area contributed by atoms with Crippen molar-refractivity contribution in [3.63, 3.8) is 0 Å². The van der Waals surface area contributed by atoms with E-state index in [1.165, 1.54) is 11.3 Å². The van der Waals surface area contributed by atoms with Crippen LogP contribution in [-0.2, 0) is 22.4 Å². The van der Waals surface area contributed by atoms with Crippen LogP contribution in [0.5, 0.6) is 0 Å². The third-order valence-electron chi connectivity index (χ3n) is 4.29. The predicted octanol–water partition coefficient (Wildman–Crippen LogP) is 5.16. The Labute approximate surface area is 172 Å². The topological polar surface area (TPSA) is 67.4 Å². The second-order valence-corrected chi connectivity index (χ2v) is 8.03. The van der Waals surface area contributed by atoms with Gasteiger partial charge in [0.1, 0.15) is 5.00 Å². The number of benzene rings is 1. The zero-order chi connectivity index (χ0) is 19.4. The highest BCUT2D eigenvalue weighted by atomic mass is 35.5. The molecule has 27 heavy (non-hydrogen) atoms. The zero-order valence-corrected chi connectivity index (χ0v) is 17.2. The highest BCUT2D eigenvalue weighted by Crippen LogP contribution is 2.38. The molecule has 1 aromatic heterocycles. The molecule has 1 aromatic carbocycles. The number of esters is 1. The number of nitrogens with one attached hydrogen (secondary N) is 2. The van der Waals surface area contributed by atoms with Crippen molar-refractivity contribution in [1.29, 1.82) is 0 Å². The molecule has 1 aliphatic carbocycles. The third kappa shape index (κ3) is 4.57. The van der Waals surface area contributed by atoms with Crippen LogP contribution >= 0.6 is 34.5 Å². The summed E-state index contributed by atoms with van der Waals surface area (Å²) >= 11 is 13.6. The molecule has 5 nitrogen and oxygen atoms in total. The van der Waals surface area contributed by atoms with Gasteiger partial charge in [0.2, 0.25) is 5.91 Å². The Bertz CT molecular complexity index is 867. The number of thiophene rings is 1. The molecule has 0 atom stereocenters. The first-order valence-electron chi connectivity index (χ1n) is 8.80. The Morgan fingerprint density at radius 3 is 2.78 bits per heavy atom. The maximum absolute atomic E-state index is 12.4. The number of fused-ring (bicyclic) bond motifs is 1. The largest absolute Gasteiger partial charge is 0.462 e. The van der Waals surface area contributed by atoms with Crippen molar-refractivity contribution in [2.75, 3.05) is 23.8 Å². The van der Waals surface area contributed by atoms with Gasteiger partial charge in [0.15, 0.2) is 0 Å². The first-order valence-corrected chi connectivity index (χ1v) is 10.4. The lowest BCUT2D eigenvalue weighted by Gasteiger charge is -2.12. The molecule has 2 aromatic rings. The van der Waals surface area contributed by atoms with Gasteiger partial charge < -0.3 is 15.4 Å². The van der Waals surface area contributed by atoms with Crippen LogP contribution in [0, 0.1) is 0 Å². The minimum atomic E-state index is -0.377. The summed E-state index contributed by atoms with van der Waals surface area (Å²) in [4.78, 5) is 26.0. The van der Waals surface area contributed by atoms with Gasteiger partial charge >= 0.3 is 5.97 Å². The molecule has 0 unspecified atom stereocenters. The average Bonchev–Trinajstić information content (AvgIpc) is 3.01. The number of halogens is 2. The van der Waals surface area contributed by atoms with Crippen molar-refractivity contribution in [2.24, 2.45) is 0 Å². The molecule has 2 N–H and O–H groups in total. The van der Waals surface area contributed by atoms with Gasteiger partial charge in [-0.2, -0.15) is 0 Å². The molecule has 0 saturated carbocycles. The number of carbonyl (C=O) groups excluding carboxylic acids is 2. The standard InChI is InChI=1S/C19H20Cl2N2O3S/c1-2-26-19(25)16-11-6-3-4-9-14(11)27-18(16)23-15(24)10-22-13-8-5-7-12(20)17(13)21/h5,7-8,22H,2-4,6,9-10H2,1H3,(H,23,24). The molecule has 1 heterocycles. The SMILES string of the molecule is CCOC(=O)c1c(NC(=O)CNc2cccc(Cl)c2Cl)sc2c1CCCC2. The van der Waals surface area contributed by atoms with Crippen molar-refractivity contribution in [3.05, 3.63) is 44.2 Å². The molecule has 0 bridgehead atoms. The van der Waals surface area contributed by atoms with Crippen LogP contribution in [0.4, 0.5) is 10.7 Å². The molecule has 8 heteroatoms.